The maximum atomic E-state index is 13.0. The molecule has 16 nitrogen and oxygen atoms in total. The van der Waals surface area contributed by atoms with E-state index < -0.39 is 91.5 Å². The van der Waals surface area contributed by atoms with Crippen molar-refractivity contribution < 1.29 is 75.8 Å². The van der Waals surface area contributed by atoms with Crippen LogP contribution in [0, 0.1) is 0 Å². The van der Waals surface area contributed by atoms with E-state index in [-0.39, 0.29) is 19.3 Å². The maximum Gasteiger partial charge on any atom is 0.472 e. The standard InChI is InChI=1S/C87H150O16P2/c1-4-7-10-13-16-19-22-25-28-31-33-34-35-36-37-38-39-40-41-42-43-44-45-46-48-51-52-55-58-61-64-67-70-73-85(90)97-76-82(88)77-99-104(93,94)100-78-83(89)79-101-105(95,96)102-81-84(103-87(92)75-72-69-66-63-60-57-54-49-30-27-24-21-18-15-12-9-6-3)80-98-86(91)74-71-68-65-62-59-56-53-50-47-32-29-26-23-20-17-14-11-8-5-2/h9,12,16-21,25-30,33-34,36-37,47,50,54,57,82-84,88-89H,4-8,10-11,13-15,22-24,31-32,35,38-46,48-49,51-53,55-56,58-81H2,1-3H3,(H,93,94)(H,95,96)/b12-9-,19-16-,20-17-,21-18-,28-25-,29-26-,30-27-,34-33-,37-36-,50-47-,57-54-. The lowest BCUT2D eigenvalue weighted by Gasteiger charge is -2.21. The molecule has 0 aliphatic carbocycles. The highest BCUT2D eigenvalue weighted by atomic mass is 31.2. The van der Waals surface area contributed by atoms with Crippen LogP contribution in [0.1, 0.15) is 342 Å². The zero-order valence-electron chi connectivity index (χ0n) is 66.1. The molecule has 4 N–H and O–H groups in total. The number of rotatable bonds is 78. The van der Waals surface area contributed by atoms with Crippen molar-refractivity contribution in [3.63, 3.8) is 0 Å². The highest BCUT2D eigenvalue weighted by Gasteiger charge is 2.29. The predicted molar refractivity (Wildman–Crippen MR) is 436 cm³/mol. The summed E-state index contributed by atoms with van der Waals surface area (Å²) in [5, 5.41) is 20.7. The topological polar surface area (TPSA) is 231 Å². The molecule has 0 radical (unpaired) electrons. The second-order valence-corrected chi connectivity index (χ2v) is 30.4. The number of hydrogen-bond donors (Lipinski definition) is 4. The fraction of sp³-hybridized carbons (Fsp3) is 0.713. The van der Waals surface area contributed by atoms with Gasteiger partial charge in [-0.3, -0.25) is 32.5 Å². The Morgan fingerprint density at radius 2 is 0.505 bits per heavy atom. The molecule has 5 atom stereocenters. The summed E-state index contributed by atoms with van der Waals surface area (Å²) in [7, 11) is -9.81. The lowest BCUT2D eigenvalue weighted by Crippen LogP contribution is -2.30. The number of unbranched alkanes of at least 4 members (excludes halogenated alkanes) is 33. The van der Waals surface area contributed by atoms with Crippen LogP contribution in [0.5, 0.6) is 0 Å². The molecule has 5 unspecified atom stereocenters. The number of allylic oxidation sites excluding steroid dienone is 22. The van der Waals surface area contributed by atoms with Crippen molar-refractivity contribution in [2.45, 2.75) is 360 Å². The van der Waals surface area contributed by atoms with Gasteiger partial charge in [0.1, 0.15) is 25.4 Å². The average Bonchev–Trinajstić information content (AvgIpc) is 0.916. The van der Waals surface area contributed by atoms with E-state index >= 15 is 0 Å². The molecule has 0 heterocycles. The molecule has 604 valence electrons. The monoisotopic (exact) mass is 1510 g/mol. The van der Waals surface area contributed by atoms with Gasteiger partial charge in [-0.25, -0.2) is 9.13 Å². The Balaban J connectivity index is 4.48. The third-order valence-corrected chi connectivity index (χ3v) is 19.2. The molecular weight excluding hydrogens is 1360 g/mol. The Labute approximate surface area is 639 Å². The van der Waals surface area contributed by atoms with Crippen molar-refractivity contribution in [3.05, 3.63) is 134 Å². The second-order valence-electron chi connectivity index (χ2n) is 27.5. The van der Waals surface area contributed by atoms with Crippen LogP contribution in [0.3, 0.4) is 0 Å². The Hall–Kier alpha value is -4.31. The molecule has 0 fully saturated rings. The van der Waals surface area contributed by atoms with Gasteiger partial charge in [0.05, 0.1) is 26.4 Å². The first-order chi connectivity index (χ1) is 51.2. The summed E-state index contributed by atoms with van der Waals surface area (Å²) in [6.07, 6.45) is 96.5. The molecule has 0 aliphatic heterocycles. The molecule has 0 aromatic heterocycles. The van der Waals surface area contributed by atoms with E-state index in [0.717, 1.165) is 148 Å². The van der Waals surface area contributed by atoms with Gasteiger partial charge in [0.15, 0.2) is 6.10 Å². The van der Waals surface area contributed by atoms with E-state index in [0.29, 0.717) is 19.3 Å². The Bertz CT molecular complexity index is 2440. The Kier molecular flexibility index (Phi) is 76.0. The zero-order valence-corrected chi connectivity index (χ0v) is 67.9. The van der Waals surface area contributed by atoms with E-state index in [1.54, 1.807) is 0 Å². The van der Waals surface area contributed by atoms with Crippen molar-refractivity contribution in [1.82, 2.24) is 0 Å². The van der Waals surface area contributed by atoms with Crippen LogP contribution in [-0.2, 0) is 55.8 Å². The largest absolute Gasteiger partial charge is 0.472 e. The normalized spacial score (nSPS) is 14.6. The van der Waals surface area contributed by atoms with Crippen LogP contribution in [0.15, 0.2) is 134 Å². The van der Waals surface area contributed by atoms with E-state index in [1.807, 2.05) is 0 Å². The van der Waals surface area contributed by atoms with E-state index in [2.05, 4.69) is 154 Å². The maximum absolute atomic E-state index is 13.0. The zero-order chi connectivity index (χ0) is 76.6. The van der Waals surface area contributed by atoms with Crippen LogP contribution in [0.2, 0.25) is 0 Å². The van der Waals surface area contributed by atoms with Gasteiger partial charge >= 0.3 is 33.6 Å². The van der Waals surface area contributed by atoms with Crippen LogP contribution in [-0.4, -0.2) is 95.9 Å². The van der Waals surface area contributed by atoms with Crippen LogP contribution in [0.25, 0.3) is 0 Å². The number of carbonyl (C=O) groups is 3. The first-order valence-electron chi connectivity index (χ1n) is 41.5. The molecule has 18 heteroatoms. The molecule has 105 heavy (non-hydrogen) atoms. The minimum absolute atomic E-state index is 0.0709. The molecule has 0 saturated heterocycles. The first-order valence-corrected chi connectivity index (χ1v) is 44.5. The predicted octanol–water partition coefficient (Wildman–Crippen LogP) is 24.7. The fourth-order valence-corrected chi connectivity index (χ4v) is 12.6. The van der Waals surface area contributed by atoms with Gasteiger partial charge in [-0.05, 0) is 141 Å². The molecule has 0 amide bonds. The number of phosphoric acid groups is 2. The summed E-state index contributed by atoms with van der Waals surface area (Å²) >= 11 is 0. The highest BCUT2D eigenvalue weighted by molar-refractivity contribution is 7.47. The summed E-state index contributed by atoms with van der Waals surface area (Å²) in [5.41, 5.74) is 0. The highest BCUT2D eigenvalue weighted by Crippen LogP contribution is 2.45. The second kappa shape index (κ2) is 79.2. The van der Waals surface area contributed by atoms with Gasteiger partial charge in [0.2, 0.25) is 0 Å². The van der Waals surface area contributed by atoms with Crippen molar-refractivity contribution in [1.29, 1.82) is 0 Å². The molecule has 0 rings (SSSR count). The average molecular weight is 1510 g/mol. The Morgan fingerprint density at radius 3 is 0.800 bits per heavy atom. The molecule has 0 aromatic carbocycles. The van der Waals surface area contributed by atoms with Crippen LogP contribution < -0.4 is 0 Å². The molecule has 0 bridgehead atoms. The number of phosphoric ester groups is 2. The van der Waals surface area contributed by atoms with Crippen LogP contribution >= 0.6 is 15.6 Å². The van der Waals surface area contributed by atoms with Gasteiger partial charge in [0.25, 0.3) is 0 Å². The fourth-order valence-electron chi connectivity index (χ4n) is 11.0. The third-order valence-electron chi connectivity index (χ3n) is 17.3. The number of ether oxygens (including phenoxy) is 3. The van der Waals surface area contributed by atoms with Crippen molar-refractivity contribution in [2.75, 3.05) is 39.6 Å². The lowest BCUT2D eigenvalue weighted by atomic mass is 10.0. The summed E-state index contributed by atoms with van der Waals surface area (Å²) < 4.78 is 61.2. The summed E-state index contributed by atoms with van der Waals surface area (Å²) in [6, 6.07) is 0. The SMILES string of the molecule is CC/C=C\C/C=C\C/C=C\C/C=C\CCCCCCC(=O)OC(COC(=O)CCCCCCCC/C=C\C/C=C\C/C=C\CCCCC)COP(=O)(O)OCC(O)COP(=O)(O)OCC(O)COC(=O)CCCCCCCCCCCCCCCCCCC/C=C\C/C=C\C/C=C\C/C=C\CCCCC. The smallest absolute Gasteiger partial charge is 0.463 e. The number of carbonyl (C=O) groups excluding carboxylic acids is 3. The molecule has 0 saturated carbocycles. The summed E-state index contributed by atoms with van der Waals surface area (Å²) in [6.45, 7) is 2.49. The number of aliphatic hydroxyl groups is 2. The van der Waals surface area contributed by atoms with Gasteiger partial charge in [-0.15, -0.1) is 0 Å². The molecule has 0 spiro atoms. The van der Waals surface area contributed by atoms with Gasteiger partial charge in [-0.1, -0.05) is 315 Å². The van der Waals surface area contributed by atoms with E-state index in [4.69, 9.17) is 32.3 Å². The summed E-state index contributed by atoms with van der Waals surface area (Å²) in [5.74, 6) is -1.61. The Morgan fingerprint density at radius 1 is 0.276 bits per heavy atom. The quantitative estimate of drug-likeness (QED) is 0.0146. The number of aliphatic hydroxyl groups excluding tert-OH is 2. The van der Waals surface area contributed by atoms with Crippen molar-refractivity contribution in [3.8, 4) is 0 Å². The van der Waals surface area contributed by atoms with Crippen LogP contribution in [0.4, 0.5) is 0 Å². The molecular formula is C87H150O16P2. The van der Waals surface area contributed by atoms with Crippen molar-refractivity contribution in [2.24, 2.45) is 0 Å². The van der Waals surface area contributed by atoms with E-state index in [1.165, 1.54) is 135 Å². The van der Waals surface area contributed by atoms with Gasteiger partial charge < -0.3 is 34.2 Å². The van der Waals surface area contributed by atoms with Gasteiger partial charge in [-0.2, -0.15) is 0 Å². The minimum atomic E-state index is -4.94. The molecule has 0 aromatic rings. The third kappa shape index (κ3) is 80.5. The number of hydrogen-bond acceptors (Lipinski definition) is 14. The minimum Gasteiger partial charge on any atom is -0.463 e. The first kappa shape index (κ1) is 101. The number of esters is 3. The van der Waals surface area contributed by atoms with Gasteiger partial charge in [0, 0.05) is 19.3 Å². The van der Waals surface area contributed by atoms with Crippen molar-refractivity contribution >= 4 is 33.6 Å². The molecule has 0 aliphatic rings. The van der Waals surface area contributed by atoms with E-state index in [9.17, 15) is 43.5 Å². The summed E-state index contributed by atoms with van der Waals surface area (Å²) in [4.78, 5) is 58.7. The lowest BCUT2D eigenvalue weighted by molar-refractivity contribution is -0.161.